The summed E-state index contributed by atoms with van der Waals surface area (Å²) in [5, 5.41) is 20.0. The molecule has 3 N–H and O–H groups in total. The number of aliphatic hydroxyl groups is 1. The number of aryl methyl sites for hydroxylation is 1. The molecule has 0 aliphatic rings. The molecule has 0 saturated carbocycles. The quantitative estimate of drug-likeness (QED) is 0.653. The predicted molar refractivity (Wildman–Crippen MR) is 92.2 cm³/mol. The minimum absolute atomic E-state index is 0.162. The number of aliphatic hydroxyl groups excluding tert-OH is 1. The Morgan fingerprint density at radius 2 is 2.04 bits per heavy atom. The summed E-state index contributed by atoms with van der Waals surface area (Å²) >= 11 is 0. The number of nitrogens with zero attached hydrogens (tertiary/aromatic N) is 2. The van der Waals surface area contributed by atoms with Gasteiger partial charge in [0.25, 0.3) is 0 Å². The number of pyridine rings is 1. The highest BCUT2D eigenvalue weighted by Gasteiger charge is 2.16. The van der Waals surface area contributed by atoms with E-state index in [4.69, 9.17) is 5.11 Å². The monoisotopic (exact) mass is 346 g/mol. The predicted octanol–water partition coefficient (Wildman–Crippen LogP) is 2.08. The lowest BCUT2D eigenvalue weighted by atomic mass is 10.2. The number of sulfone groups is 1. The van der Waals surface area contributed by atoms with Crippen LogP contribution in [0.1, 0.15) is 11.3 Å². The number of benzene rings is 1. The third-order valence-electron chi connectivity index (χ3n) is 3.94. The van der Waals surface area contributed by atoms with Crippen molar-refractivity contribution >= 4 is 32.2 Å². The highest BCUT2D eigenvalue weighted by Crippen LogP contribution is 2.28. The summed E-state index contributed by atoms with van der Waals surface area (Å²) < 4.78 is 24.4. The van der Waals surface area contributed by atoms with Crippen molar-refractivity contribution in [1.29, 1.82) is 0 Å². The molecule has 1 aromatic carbocycles. The first-order valence-electron chi connectivity index (χ1n) is 7.43. The van der Waals surface area contributed by atoms with Gasteiger partial charge in [-0.3, -0.25) is 10.1 Å². The van der Waals surface area contributed by atoms with Gasteiger partial charge in [0.1, 0.15) is 0 Å². The summed E-state index contributed by atoms with van der Waals surface area (Å²) in [5.41, 5.74) is 3.34. The molecule has 2 heterocycles. The average Bonchev–Trinajstić information content (AvgIpc) is 2.87. The zero-order valence-electron chi connectivity index (χ0n) is 13.4. The molecule has 0 aliphatic carbocycles. The Hall–Kier alpha value is -2.45. The largest absolute Gasteiger partial charge is 0.395 e. The van der Waals surface area contributed by atoms with Crippen LogP contribution < -0.4 is 5.32 Å². The summed E-state index contributed by atoms with van der Waals surface area (Å²) in [6.45, 7) is 3.46. The lowest BCUT2D eigenvalue weighted by Crippen LogP contribution is -2.10. The van der Waals surface area contributed by atoms with E-state index in [1.54, 1.807) is 24.4 Å². The zero-order chi connectivity index (χ0) is 17.3. The molecule has 0 fully saturated rings. The first-order chi connectivity index (χ1) is 11.4. The number of aromatic nitrogens is 3. The molecular formula is C16H18N4O3S. The maximum Gasteiger partial charge on any atom is 0.180 e. The SMILES string of the molecule is Cc1[nH]nc(Nc2ccnc3ccc(S(=O)(=O)CCO)cc23)c1C. The van der Waals surface area contributed by atoms with Crippen LogP contribution in [0.3, 0.4) is 0 Å². The van der Waals surface area contributed by atoms with Crippen molar-refractivity contribution in [3.8, 4) is 0 Å². The van der Waals surface area contributed by atoms with E-state index in [2.05, 4.69) is 20.5 Å². The molecule has 0 amide bonds. The van der Waals surface area contributed by atoms with Gasteiger partial charge in [-0.05, 0) is 38.1 Å². The van der Waals surface area contributed by atoms with Crippen molar-refractivity contribution in [3.05, 3.63) is 41.7 Å². The van der Waals surface area contributed by atoms with E-state index in [-0.39, 0.29) is 10.6 Å². The fraction of sp³-hybridized carbons (Fsp3) is 0.250. The second-order valence-corrected chi connectivity index (χ2v) is 7.64. The van der Waals surface area contributed by atoms with Crippen molar-refractivity contribution in [2.45, 2.75) is 18.7 Å². The molecule has 3 rings (SSSR count). The van der Waals surface area contributed by atoms with Gasteiger partial charge in [0.2, 0.25) is 0 Å². The molecule has 0 bridgehead atoms. The summed E-state index contributed by atoms with van der Waals surface area (Å²) in [7, 11) is -3.52. The van der Waals surface area contributed by atoms with E-state index in [0.717, 1.165) is 16.9 Å². The van der Waals surface area contributed by atoms with Crippen molar-refractivity contribution in [3.63, 3.8) is 0 Å². The maximum absolute atomic E-state index is 12.2. The highest BCUT2D eigenvalue weighted by molar-refractivity contribution is 7.91. The number of H-pyrrole nitrogens is 1. The number of aromatic amines is 1. The Balaban J connectivity index is 2.10. The van der Waals surface area contributed by atoms with Crippen LogP contribution in [0, 0.1) is 13.8 Å². The van der Waals surface area contributed by atoms with E-state index >= 15 is 0 Å². The molecule has 24 heavy (non-hydrogen) atoms. The van der Waals surface area contributed by atoms with Crippen LogP contribution in [-0.4, -0.2) is 41.1 Å². The number of hydrogen-bond acceptors (Lipinski definition) is 6. The van der Waals surface area contributed by atoms with Crippen molar-refractivity contribution in [1.82, 2.24) is 15.2 Å². The lowest BCUT2D eigenvalue weighted by Gasteiger charge is -2.10. The summed E-state index contributed by atoms with van der Waals surface area (Å²) in [4.78, 5) is 4.43. The van der Waals surface area contributed by atoms with Gasteiger partial charge < -0.3 is 10.4 Å². The Labute approximate surface area is 139 Å². The Kier molecular flexibility index (Phi) is 4.25. The van der Waals surface area contributed by atoms with Gasteiger partial charge in [0.05, 0.1) is 28.5 Å². The van der Waals surface area contributed by atoms with E-state index < -0.39 is 16.4 Å². The lowest BCUT2D eigenvalue weighted by molar-refractivity contribution is 0.319. The number of anilines is 2. The smallest absolute Gasteiger partial charge is 0.180 e. The van der Waals surface area contributed by atoms with Crippen LogP contribution in [0.2, 0.25) is 0 Å². The fourth-order valence-corrected chi connectivity index (χ4v) is 3.45. The number of nitrogens with one attached hydrogen (secondary N) is 2. The normalized spacial score (nSPS) is 11.8. The molecule has 3 aromatic rings. The van der Waals surface area contributed by atoms with Crippen LogP contribution in [-0.2, 0) is 9.84 Å². The van der Waals surface area contributed by atoms with Gasteiger partial charge in [-0.1, -0.05) is 0 Å². The molecule has 0 unspecified atom stereocenters. The molecule has 7 nitrogen and oxygen atoms in total. The standard InChI is InChI=1S/C16H18N4O3S/c1-10-11(2)19-20-16(10)18-15-5-6-17-14-4-3-12(9-13(14)15)24(22,23)8-7-21/h3-6,9,21H,7-8H2,1-2H3,(H2,17,18,19,20). The van der Waals surface area contributed by atoms with Gasteiger partial charge in [0.15, 0.2) is 15.7 Å². The molecule has 0 radical (unpaired) electrons. The summed E-state index contributed by atoms with van der Waals surface area (Å²) in [6, 6.07) is 6.51. The minimum atomic E-state index is -3.52. The van der Waals surface area contributed by atoms with Crippen LogP contribution in [0.4, 0.5) is 11.5 Å². The third-order valence-corrected chi connectivity index (χ3v) is 5.63. The number of rotatable bonds is 5. The zero-order valence-corrected chi connectivity index (χ0v) is 14.2. The second kappa shape index (κ2) is 6.21. The number of hydrogen-bond donors (Lipinski definition) is 3. The average molecular weight is 346 g/mol. The van der Waals surface area contributed by atoms with Gasteiger partial charge in [-0.2, -0.15) is 5.10 Å². The van der Waals surface area contributed by atoms with Crippen LogP contribution >= 0.6 is 0 Å². The van der Waals surface area contributed by atoms with Crippen LogP contribution in [0.25, 0.3) is 10.9 Å². The van der Waals surface area contributed by atoms with E-state index in [1.807, 2.05) is 13.8 Å². The topological polar surface area (TPSA) is 108 Å². The van der Waals surface area contributed by atoms with Gasteiger partial charge in [-0.25, -0.2) is 8.42 Å². The van der Waals surface area contributed by atoms with E-state index in [0.29, 0.717) is 16.7 Å². The molecule has 0 atom stereocenters. The molecule has 126 valence electrons. The first-order valence-corrected chi connectivity index (χ1v) is 9.08. The molecular weight excluding hydrogens is 328 g/mol. The minimum Gasteiger partial charge on any atom is -0.395 e. The van der Waals surface area contributed by atoms with Crippen molar-refractivity contribution < 1.29 is 13.5 Å². The molecule has 0 saturated heterocycles. The maximum atomic E-state index is 12.2. The third kappa shape index (κ3) is 2.98. The highest BCUT2D eigenvalue weighted by atomic mass is 32.2. The Morgan fingerprint density at radius 3 is 2.71 bits per heavy atom. The molecule has 2 aromatic heterocycles. The van der Waals surface area contributed by atoms with Crippen molar-refractivity contribution in [2.24, 2.45) is 0 Å². The van der Waals surface area contributed by atoms with Crippen molar-refractivity contribution in [2.75, 3.05) is 17.7 Å². The summed E-state index contributed by atoms with van der Waals surface area (Å²) in [5.74, 6) is 0.378. The van der Waals surface area contributed by atoms with Gasteiger partial charge >= 0.3 is 0 Å². The van der Waals surface area contributed by atoms with Crippen LogP contribution in [0.15, 0.2) is 35.4 Å². The van der Waals surface area contributed by atoms with Crippen LogP contribution in [0.5, 0.6) is 0 Å². The second-order valence-electron chi connectivity index (χ2n) is 5.53. The molecule has 0 aliphatic heterocycles. The first kappa shape index (κ1) is 16.4. The fourth-order valence-electron chi connectivity index (χ4n) is 2.40. The Morgan fingerprint density at radius 1 is 1.25 bits per heavy atom. The van der Waals surface area contributed by atoms with Gasteiger partial charge in [-0.15, -0.1) is 0 Å². The molecule has 8 heteroatoms. The van der Waals surface area contributed by atoms with Gasteiger partial charge in [0, 0.05) is 22.8 Å². The van der Waals surface area contributed by atoms with E-state index in [9.17, 15) is 8.42 Å². The Bertz CT molecular complexity index is 996. The molecule has 0 spiro atoms. The summed E-state index contributed by atoms with van der Waals surface area (Å²) in [6.07, 6.45) is 1.65. The number of fused-ring (bicyclic) bond motifs is 1. The van der Waals surface area contributed by atoms with E-state index in [1.165, 1.54) is 6.07 Å².